The summed E-state index contributed by atoms with van der Waals surface area (Å²) in [6.07, 6.45) is 4.99. The van der Waals surface area contributed by atoms with Crippen LogP contribution in [0.3, 0.4) is 0 Å². The van der Waals surface area contributed by atoms with E-state index in [2.05, 4.69) is 10.6 Å². The molecule has 0 spiro atoms. The molecule has 0 bridgehead atoms. The van der Waals surface area contributed by atoms with Crippen LogP contribution in [0.4, 0.5) is 11.4 Å². The third-order valence-corrected chi connectivity index (χ3v) is 8.12. The monoisotopic (exact) mass is 465 g/mol. The molecule has 0 unspecified atom stereocenters. The first-order valence-corrected chi connectivity index (χ1v) is 13.4. The minimum Gasteiger partial charge on any atom is -0.376 e. The number of sulfonamides is 1. The van der Waals surface area contributed by atoms with E-state index in [0.717, 1.165) is 31.9 Å². The van der Waals surface area contributed by atoms with Crippen molar-refractivity contribution in [2.24, 2.45) is 0 Å². The summed E-state index contributed by atoms with van der Waals surface area (Å²) in [7, 11) is -6.79. The van der Waals surface area contributed by atoms with Crippen LogP contribution in [0, 0.1) is 0 Å². The molecule has 0 aliphatic carbocycles. The average Bonchev–Trinajstić information content (AvgIpc) is 3.02. The molecule has 31 heavy (non-hydrogen) atoms. The van der Waals surface area contributed by atoms with Gasteiger partial charge in [-0.1, -0.05) is 12.8 Å². The summed E-state index contributed by atoms with van der Waals surface area (Å²) >= 11 is 0. The second-order valence-corrected chi connectivity index (χ2v) is 11.5. The van der Waals surface area contributed by atoms with Crippen molar-refractivity contribution in [3.05, 3.63) is 48.5 Å². The molecule has 2 N–H and O–H groups in total. The maximum absolute atomic E-state index is 12.8. The van der Waals surface area contributed by atoms with Gasteiger partial charge in [-0.2, -0.15) is 4.31 Å². The van der Waals surface area contributed by atoms with Crippen molar-refractivity contribution in [1.29, 1.82) is 0 Å². The minimum atomic E-state index is -3.50. The lowest BCUT2D eigenvalue weighted by atomic mass is 10.2. The minimum absolute atomic E-state index is 0.0218. The van der Waals surface area contributed by atoms with Crippen molar-refractivity contribution in [2.75, 3.05) is 36.5 Å². The topological polar surface area (TPSA) is 113 Å². The lowest BCUT2D eigenvalue weighted by Gasteiger charge is -2.20. The van der Waals surface area contributed by atoms with Crippen molar-refractivity contribution in [3.63, 3.8) is 0 Å². The highest BCUT2D eigenvalue weighted by Gasteiger charge is 2.24. The Hall–Kier alpha value is -2.43. The highest BCUT2D eigenvalue weighted by atomic mass is 32.2. The molecule has 1 amide bonds. The molecule has 2 aromatic carbocycles. The zero-order valence-corrected chi connectivity index (χ0v) is 19.0. The van der Waals surface area contributed by atoms with Gasteiger partial charge in [-0.15, -0.1) is 0 Å². The summed E-state index contributed by atoms with van der Waals surface area (Å²) in [6, 6.07) is 12.3. The number of carbonyl (C=O) groups excluding carboxylic acids is 1. The van der Waals surface area contributed by atoms with Gasteiger partial charge in [0.05, 0.1) is 16.3 Å². The number of amides is 1. The standard InChI is InChI=1S/C21H27N3O5S2/c1-30(26,27)19-10-8-18(9-11-19)23-21(25)16-22-17-6-12-20(13-7-17)31(28,29)24-14-4-2-3-5-15-24/h6-13,22H,2-5,14-16H2,1H3,(H,23,25). The number of hydrogen-bond acceptors (Lipinski definition) is 6. The number of rotatable bonds is 7. The van der Waals surface area contributed by atoms with Crippen LogP contribution < -0.4 is 10.6 Å². The number of anilines is 2. The fourth-order valence-electron chi connectivity index (χ4n) is 3.35. The second kappa shape index (κ2) is 9.80. The van der Waals surface area contributed by atoms with E-state index in [0.29, 0.717) is 24.5 Å². The summed E-state index contributed by atoms with van der Waals surface area (Å²) < 4.78 is 50.1. The lowest BCUT2D eigenvalue weighted by Crippen LogP contribution is -2.31. The van der Waals surface area contributed by atoms with Gasteiger partial charge in [0.2, 0.25) is 15.9 Å². The zero-order chi connectivity index (χ0) is 22.5. The zero-order valence-electron chi connectivity index (χ0n) is 17.4. The predicted molar refractivity (Wildman–Crippen MR) is 120 cm³/mol. The predicted octanol–water partition coefficient (Wildman–Crippen LogP) is 2.71. The Bertz CT molecular complexity index is 1100. The molecule has 0 atom stereocenters. The van der Waals surface area contributed by atoms with Crippen molar-refractivity contribution in [2.45, 2.75) is 35.5 Å². The highest BCUT2D eigenvalue weighted by molar-refractivity contribution is 7.90. The maximum atomic E-state index is 12.8. The van der Waals surface area contributed by atoms with Crippen LogP contribution in [-0.2, 0) is 24.7 Å². The Morgan fingerprint density at radius 1 is 0.806 bits per heavy atom. The van der Waals surface area contributed by atoms with Gasteiger partial charge in [0.1, 0.15) is 0 Å². The number of nitrogens with one attached hydrogen (secondary N) is 2. The quantitative estimate of drug-likeness (QED) is 0.650. The number of carbonyl (C=O) groups is 1. The van der Waals surface area contributed by atoms with Crippen LogP contribution in [-0.4, -0.2) is 52.9 Å². The van der Waals surface area contributed by atoms with Gasteiger partial charge in [0, 0.05) is 30.7 Å². The molecular formula is C21H27N3O5S2. The fraction of sp³-hybridized carbons (Fsp3) is 0.381. The number of hydrogen-bond donors (Lipinski definition) is 2. The van der Waals surface area contributed by atoms with Crippen LogP contribution in [0.5, 0.6) is 0 Å². The van der Waals surface area contributed by atoms with Crippen molar-refractivity contribution < 1.29 is 21.6 Å². The van der Waals surface area contributed by atoms with Crippen LogP contribution in [0.2, 0.25) is 0 Å². The van der Waals surface area contributed by atoms with E-state index in [4.69, 9.17) is 0 Å². The fourth-order valence-corrected chi connectivity index (χ4v) is 5.50. The molecule has 0 radical (unpaired) electrons. The number of nitrogens with zero attached hydrogens (tertiary/aromatic N) is 1. The molecule has 0 saturated carbocycles. The highest BCUT2D eigenvalue weighted by Crippen LogP contribution is 2.22. The summed E-state index contributed by atoms with van der Waals surface area (Å²) in [5.41, 5.74) is 1.11. The smallest absolute Gasteiger partial charge is 0.243 e. The van der Waals surface area contributed by atoms with Crippen LogP contribution in [0.1, 0.15) is 25.7 Å². The van der Waals surface area contributed by atoms with E-state index >= 15 is 0 Å². The second-order valence-electron chi connectivity index (χ2n) is 7.54. The van der Waals surface area contributed by atoms with Crippen LogP contribution in [0.15, 0.2) is 58.3 Å². The molecule has 1 saturated heterocycles. The van der Waals surface area contributed by atoms with Crippen molar-refractivity contribution >= 4 is 37.1 Å². The van der Waals surface area contributed by atoms with E-state index in [1.54, 1.807) is 28.6 Å². The molecule has 1 fully saturated rings. The van der Waals surface area contributed by atoms with Crippen molar-refractivity contribution in [1.82, 2.24) is 4.31 Å². The summed E-state index contributed by atoms with van der Waals surface area (Å²) in [5.74, 6) is -0.312. The van der Waals surface area contributed by atoms with E-state index in [1.807, 2.05) is 0 Å². The first-order chi connectivity index (χ1) is 14.7. The molecule has 8 nitrogen and oxygen atoms in total. The number of sulfone groups is 1. The average molecular weight is 466 g/mol. The molecule has 10 heteroatoms. The largest absolute Gasteiger partial charge is 0.376 e. The summed E-state index contributed by atoms with van der Waals surface area (Å²) in [6.45, 7) is 1.08. The maximum Gasteiger partial charge on any atom is 0.243 e. The molecule has 0 aromatic heterocycles. The number of benzene rings is 2. The van der Waals surface area contributed by atoms with E-state index in [-0.39, 0.29) is 22.2 Å². The molecule has 1 aliphatic heterocycles. The summed E-state index contributed by atoms with van der Waals surface area (Å²) in [4.78, 5) is 12.6. The van der Waals surface area contributed by atoms with E-state index in [1.165, 1.54) is 24.3 Å². The van der Waals surface area contributed by atoms with Gasteiger partial charge in [0.25, 0.3) is 0 Å². The Kier molecular flexibility index (Phi) is 7.34. The van der Waals surface area contributed by atoms with Crippen molar-refractivity contribution in [3.8, 4) is 0 Å². The molecular weight excluding hydrogens is 438 g/mol. The third kappa shape index (κ3) is 6.28. The molecule has 1 heterocycles. The first-order valence-electron chi connectivity index (χ1n) is 10.1. The molecule has 3 rings (SSSR count). The Labute approximate surface area is 183 Å². The van der Waals surface area contributed by atoms with Crippen LogP contribution in [0.25, 0.3) is 0 Å². The Morgan fingerprint density at radius 3 is 1.87 bits per heavy atom. The Balaban J connectivity index is 1.55. The van der Waals surface area contributed by atoms with Gasteiger partial charge in [-0.25, -0.2) is 16.8 Å². The summed E-state index contributed by atoms with van der Waals surface area (Å²) in [5, 5.41) is 5.63. The van der Waals surface area contributed by atoms with Gasteiger partial charge < -0.3 is 10.6 Å². The molecule has 168 valence electrons. The van der Waals surface area contributed by atoms with Gasteiger partial charge >= 0.3 is 0 Å². The third-order valence-electron chi connectivity index (χ3n) is 5.08. The molecule has 2 aromatic rings. The Morgan fingerprint density at radius 2 is 1.32 bits per heavy atom. The van der Waals surface area contributed by atoms with E-state index < -0.39 is 19.9 Å². The van der Waals surface area contributed by atoms with Gasteiger partial charge in [0.15, 0.2) is 9.84 Å². The van der Waals surface area contributed by atoms with Gasteiger partial charge in [-0.3, -0.25) is 4.79 Å². The van der Waals surface area contributed by atoms with E-state index in [9.17, 15) is 21.6 Å². The van der Waals surface area contributed by atoms with Gasteiger partial charge in [-0.05, 0) is 61.4 Å². The van der Waals surface area contributed by atoms with Crippen LogP contribution >= 0.6 is 0 Å². The molecule has 1 aliphatic rings. The lowest BCUT2D eigenvalue weighted by molar-refractivity contribution is -0.114. The normalized spacial score (nSPS) is 15.8. The SMILES string of the molecule is CS(=O)(=O)c1ccc(NC(=O)CNc2ccc(S(=O)(=O)N3CCCCCC3)cc2)cc1. The first kappa shape index (κ1) is 23.2.